The third kappa shape index (κ3) is 6.20. The van der Waals surface area contributed by atoms with Gasteiger partial charge < -0.3 is 18.1 Å². The maximum absolute atomic E-state index is 5.22. The van der Waals surface area contributed by atoms with Gasteiger partial charge in [0.05, 0.1) is 0 Å². The maximum atomic E-state index is 5.22. The number of hydrogen-bond donors (Lipinski definition) is 1. The zero-order valence-electron chi connectivity index (χ0n) is 12.3. The van der Waals surface area contributed by atoms with Crippen molar-refractivity contribution in [1.82, 2.24) is 5.48 Å². The molecule has 1 N–H and O–H groups in total. The highest BCUT2D eigenvalue weighted by molar-refractivity contribution is 6.36. The molecule has 1 aromatic carbocycles. The van der Waals surface area contributed by atoms with Crippen LogP contribution < -0.4 is 10.3 Å². The number of para-hydroxylation sites is 1. The third-order valence-corrected chi connectivity index (χ3v) is 4.14. The van der Waals surface area contributed by atoms with E-state index in [1.54, 1.807) is 6.20 Å². The molecule has 0 aliphatic carbocycles. The topological polar surface area (TPSA) is 49.0 Å². The maximum Gasteiger partial charge on any atom is 0.484 e. The van der Waals surface area contributed by atoms with E-state index in [0.29, 0.717) is 19.8 Å². The quantitative estimate of drug-likeness (QED) is 0.817. The minimum atomic E-state index is -1.73. The number of rotatable bonds is 6. The van der Waals surface area contributed by atoms with Crippen molar-refractivity contribution in [2.75, 3.05) is 19.8 Å². The standard InChI is InChI=1S/C8H7NO.C6H16O3Si/c1-2-4-8-7(3-1)5-6-9-10-8;1-4-7-10(8-5-2)9-6-3/h1-6,9H;10H,4-6H2,1-3H3. The molecule has 0 atom stereocenters. The Bertz CT molecular complexity index is 386. The van der Waals surface area contributed by atoms with Crippen LogP contribution in [0.1, 0.15) is 26.3 Å². The van der Waals surface area contributed by atoms with Crippen molar-refractivity contribution in [3.05, 3.63) is 36.0 Å². The Hall–Kier alpha value is -1.34. The Morgan fingerprint density at radius 1 is 1.00 bits per heavy atom. The summed E-state index contributed by atoms with van der Waals surface area (Å²) in [5.41, 5.74) is 3.77. The molecule has 0 spiro atoms. The molecule has 0 radical (unpaired) electrons. The van der Waals surface area contributed by atoms with Crippen LogP contribution in [-0.2, 0) is 13.3 Å². The molecule has 1 aliphatic rings. The van der Waals surface area contributed by atoms with Crippen LogP contribution >= 0.6 is 0 Å². The van der Waals surface area contributed by atoms with Crippen molar-refractivity contribution in [2.45, 2.75) is 20.8 Å². The Morgan fingerprint density at radius 2 is 1.60 bits per heavy atom. The molecule has 0 saturated carbocycles. The molecule has 6 heteroatoms. The fraction of sp³-hybridized carbons (Fsp3) is 0.429. The van der Waals surface area contributed by atoms with E-state index in [9.17, 15) is 0 Å². The van der Waals surface area contributed by atoms with Crippen molar-refractivity contribution >= 4 is 15.6 Å². The lowest BCUT2D eigenvalue weighted by Crippen LogP contribution is -2.27. The van der Waals surface area contributed by atoms with Crippen molar-refractivity contribution < 1.29 is 18.1 Å². The lowest BCUT2D eigenvalue weighted by Gasteiger charge is -2.12. The highest BCUT2D eigenvalue weighted by Gasteiger charge is 2.11. The number of hydrogen-bond acceptors (Lipinski definition) is 5. The molecule has 20 heavy (non-hydrogen) atoms. The van der Waals surface area contributed by atoms with Gasteiger partial charge in [-0.2, -0.15) is 0 Å². The van der Waals surface area contributed by atoms with Gasteiger partial charge >= 0.3 is 9.53 Å². The Kier molecular flexibility index (Phi) is 8.73. The smallest absolute Gasteiger partial charge is 0.382 e. The lowest BCUT2D eigenvalue weighted by molar-refractivity contribution is 0.107. The summed E-state index contributed by atoms with van der Waals surface area (Å²) in [6, 6.07) is 7.86. The van der Waals surface area contributed by atoms with Crippen LogP contribution in [0.4, 0.5) is 0 Å². The van der Waals surface area contributed by atoms with Gasteiger partial charge in [-0.05, 0) is 32.9 Å². The SMILES string of the molecule is C1=Cc2ccccc2ON1.CCO[SiH](OCC)OCC. The van der Waals surface area contributed by atoms with Crippen LogP contribution in [0.3, 0.4) is 0 Å². The summed E-state index contributed by atoms with van der Waals surface area (Å²) in [4.78, 5) is 5.09. The summed E-state index contributed by atoms with van der Waals surface area (Å²) in [7, 11) is -1.73. The first-order valence-corrected chi connectivity index (χ1v) is 8.25. The van der Waals surface area contributed by atoms with Gasteiger partial charge in [-0.15, -0.1) is 0 Å². The Labute approximate surface area is 122 Å². The molecule has 2 rings (SSSR count). The number of hydroxylamine groups is 1. The van der Waals surface area contributed by atoms with Gasteiger partial charge in [0.1, 0.15) is 0 Å². The second-order valence-electron chi connectivity index (χ2n) is 3.75. The normalized spacial score (nSPS) is 12.0. The van der Waals surface area contributed by atoms with E-state index in [-0.39, 0.29) is 0 Å². The molecule has 0 amide bonds. The van der Waals surface area contributed by atoms with Crippen LogP contribution in [0.2, 0.25) is 0 Å². The van der Waals surface area contributed by atoms with Crippen LogP contribution in [0, 0.1) is 0 Å². The molecule has 1 heterocycles. The minimum Gasteiger partial charge on any atom is -0.382 e. The summed E-state index contributed by atoms with van der Waals surface area (Å²) in [6.07, 6.45) is 3.74. The first-order valence-electron chi connectivity index (χ1n) is 6.84. The molecular weight excluding hydrogens is 274 g/mol. The predicted octanol–water partition coefficient (Wildman–Crippen LogP) is 2.37. The number of fused-ring (bicyclic) bond motifs is 1. The van der Waals surface area contributed by atoms with Crippen LogP contribution in [0.25, 0.3) is 6.08 Å². The molecule has 0 unspecified atom stereocenters. The van der Waals surface area contributed by atoms with E-state index < -0.39 is 9.53 Å². The van der Waals surface area contributed by atoms with Gasteiger partial charge in [-0.1, -0.05) is 18.2 Å². The summed E-state index contributed by atoms with van der Waals surface area (Å²) in [6.45, 7) is 7.86. The van der Waals surface area contributed by atoms with E-state index in [4.69, 9.17) is 18.1 Å². The third-order valence-electron chi connectivity index (χ3n) is 2.33. The average Bonchev–Trinajstić information content (AvgIpc) is 2.49. The Balaban J connectivity index is 0.000000200. The summed E-state index contributed by atoms with van der Waals surface area (Å²) in [5, 5.41) is 0. The molecule has 1 aliphatic heterocycles. The van der Waals surface area contributed by atoms with Crippen molar-refractivity contribution in [1.29, 1.82) is 0 Å². The van der Waals surface area contributed by atoms with E-state index in [1.165, 1.54) is 0 Å². The first kappa shape index (κ1) is 16.7. The largest absolute Gasteiger partial charge is 0.484 e. The van der Waals surface area contributed by atoms with Crippen molar-refractivity contribution in [3.8, 4) is 5.75 Å². The molecule has 0 saturated heterocycles. The lowest BCUT2D eigenvalue weighted by atomic mass is 10.2. The molecular formula is C14H23NO4Si. The monoisotopic (exact) mass is 297 g/mol. The van der Waals surface area contributed by atoms with Crippen LogP contribution in [0.15, 0.2) is 30.5 Å². The molecule has 0 bridgehead atoms. The summed E-state index contributed by atoms with van der Waals surface area (Å²) in [5.74, 6) is 0.880. The van der Waals surface area contributed by atoms with Gasteiger partial charge in [-0.25, -0.2) is 5.48 Å². The molecule has 0 fully saturated rings. The predicted molar refractivity (Wildman–Crippen MR) is 81.3 cm³/mol. The van der Waals surface area contributed by atoms with Crippen molar-refractivity contribution in [3.63, 3.8) is 0 Å². The highest BCUT2D eigenvalue weighted by Crippen LogP contribution is 2.20. The van der Waals surface area contributed by atoms with Crippen LogP contribution in [-0.4, -0.2) is 29.3 Å². The zero-order chi connectivity index (χ0) is 14.6. The first-order chi connectivity index (χ1) is 9.81. The van der Waals surface area contributed by atoms with Crippen molar-refractivity contribution in [2.24, 2.45) is 0 Å². The van der Waals surface area contributed by atoms with Gasteiger partial charge in [0.25, 0.3) is 0 Å². The van der Waals surface area contributed by atoms with Crippen LogP contribution in [0.5, 0.6) is 5.75 Å². The van der Waals surface area contributed by atoms with Gasteiger partial charge in [-0.3, -0.25) is 0 Å². The second kappa shape index (κ2) is 10.4. The van der Waals surface area contributed by atoms with Gasteiger partial charge in [0, 0.05) is 31.6 Å². The minimum absolute atomic E-state index is 0.677. The fourth-order valence-electron chi connectivity index (χ4n) is 1.49. The van der Waals surface area contributed by atoms with Gasteiger partial charge in [0.2, 0.25) is 0 Å². The fourth-order valence-corrected chi connectivity index (χ4v) is 2.59. The Morgan fingerprint density at radius 3 is 2.15 bits per heavy atom. The van der Waals surface area contributed by atoms with E-state index in [2.05, 4.69) is 5.48 Å². The highest BCUT2D eigenvalue weighted by atomic mass is 28.3. The summed E-state index contributed by atoms with van der Waals surface area (Å²) >= 11 is 0. The number of benzene rings is 1. The van der Waals surface area contributed by atoms with E-state index >= 15 is 0 Å². The second-order valence-corrected chi connectivity index (χ2v) is 5.32. The average molecular weight is 297 g/mol. The van der Waals surface area contributed by atoms with E-state index in [0.717, 1.165) is 11.3 Å². The summed E-state index contributed by atoms with van der Waals surface area (Å²) < 4.78 is 15.7. The number of nitrogens with one attached hydrogen (secondary N) is 1. The zero-order valence-corrected chi connectivity index (χ0v) is 13.5. The molecule has 1 aromatic rings. The molecule has 112 valence electrons. The molecule has 0 aromatic heterocycles. The van der Waals surface area contributed by atoms with E-state index in [1.807, 2.05) is 51.1 Å². The molecule has 5 nitrogen and oxygen atoms in total. The van der Waals surface area contributed by atoms with Gasteiger partial charge in [0.15, 0.2) is 5.75 Å².